The van der Waals surface area contributed by atoms with Gasteiger partial charge in [0.25, 0.3) is 5.89 Å². The number of aromatic amines is 1. The molecule has 3 heterocycles. The van der Waals surface area contributed by atoms with E-state index in [0.717, 1.165) is 0 Å². The number of H-pyrrole nitrogens is 1. The molecule has 1 unspecified atom stereocenters. The van der Waals surface area contributed by atoms with Gasteiger partial charge in [-0.1, -0.05) is 23.4 Å². The molecule has 4 rings (SSSR count). The van der Waals surface area contributed by atoms with Crippen molar-refractivity contribution in [1.29, 1.82) is 0 Å². The first-order valence-electron chi connectivity index (χ1n) is 8.51. The Labute approximate surface area is 167 Å². The van der Waals surface area contributed by atoms with Crippen LogP contribution in [0.25, 0.3) is 11.5 Å². The fraction of sp³-hybridized carbons (Fsp3) is 0.222. The highest BCUT2D eigenvalue weighted by Gasteiger charge is 2.30. The van der Waals surface area contributed by atoms with Crippen LogP contribution in [0.5, 0.6) is 11.5 Å². The van der Waals surface area contributed by atoms with Gasteiger partial charge in [0.05, 0.1) is 18.2 Å². The molecule has 1 N–H and O–H groups in total. The summed E-state index contributed by atoms with van der Waals surface area (Å²) in [7, 11) is 0. The van der Waals surface area contributed by atoms with Crippen molar-refractivity contribution < 1.29 is 31.9 Å². The molecule has 12 heteroatoms. The van der Waals surface area contributed by atoms with Gasteiger partial charge in [0.2, 0.25) is 5.90 Å². The highest BCUT2D eigenvalue weighted by Crippen LogP contribution is 2.22. The molecule has 1 aliphatic heterocycles. The number of oxime groups is 1. The summed E-state index contributed by atoms with van der Waals surface area (Å²) in [5, 5.41) is 9.69. The maximum absolute atomic E-state index is 11.5. The van der Waals surface area contributed by atoms with E-state index in [-0.39, 0.29) is 17.7 Å². The minimum atomic E-state index is -4.60. The molecule has 2 aromatic heterocycles. The molecule has 0 fully saturated rings. The van der Waals surface area contributed by atoms with E-state index in [1.165, 1.54) is 36.7 Å². The van der Waals surface area contributed by atoms with Gasteiger partial charge in [-0.15, -0.1) is 18.3 Å². The quantitative estimate of drug-likeness (QED) is 0.685. The van der Waals surface area contributed by atoms with Crippen molar-refractivity contribution in [3.05, 3.63) is 59.3 Å². The Hall–Kier alpha value is -3.83. The maximum atomic E-state index is 11.5. The standard InChI is InChI=1S/C11H10N4O4.C7H5F3O/c1-6-2-9(15-19-6)17-8-3-7(4-12-5-8)10-13-14-11(16)18-10;8-7(9,10)11-6-4-2-1-3-5-6/h3-6H,2H2,1H3,(H,14,16);1-5H. The van der Waals surface area contributed by atoms with Gasteiger partial charge in [-0.2, -0.15) is 0 Å². The molecule has 1 aromatic carbocycles. The molecular formula is C18H15F3N4O5. The number of ether oxygens (including phenoxy) is 2. The summed E-state index contributed by atoms with van der Waals surface area (Å²) in [4.78, 5) is 19.9. The lowest BCUT2D eigenvalue weighted by Gasteiger charge is -2.07. The van der Waals surface area contributed by atoms with E-state index in [0.29, 0.717) is 23.6 Å². The Bertz CT molecular complexity index is 1050. The summed E-state index contributed by atoms with van der Waals surface area (Å²) in [6, 6.07) is 8.70. The number of aromatic nitrogens is 3. The first-order valence-corrected chi connectivity index (χ1v) is 8.51. The van der Waals surface area contributed by atoms with Crippen LogP contribution in [0.1, 0.15) is 13.3 Å². The molecule has 0 aliphatic carbocycles. The monoisotopic (exact) mass is 424 g/mol. The molecule has 158 valence electrons. The first kappa shape index (κ1) is 20.9. The summed E-state index contributed by atoms with van der Waals surface area (Å²) in [5.74, 6) is 0.291. The Morgan fingerprint density at radius 1 is 1.17 bits per heavy atom. The second-order valence-corrected chi connectivity index (χ2v) is 5.90. The summed E-state index contributed by atoms with van der Waals surface area (Å²) >= 11 is 0. The highest BCUT2D eigenvalue weighted by atomic mass is 19.4. The maximum Gasteiger partial charge on any atom is 0.573 e. The Kier molecular flexibility index (Phi) is 6.35. The van der Waals surface area contributed by atoms with Crippen LogP contribution in [0, 0.1) is 0 Å². The first-order chi connectivity index (χ1) is 14.3. The highest BCUT2D eigenvalue weighted by molar-refractivity contribution is 5.79. The van der Waals surface area contributed by atoms with Gasteiger partial charge in [0.1, 0.15) is 17.6 Å². The number of rotatable bonds is 3. The van der Waals surface area contributed by atoms with E-state index in [2.05, 4.69) is 25.1 Å². The number of benzene rings is 1. The molecule has 9 nitrogen and oxygen atoms in total. The van der Waals surface area contributed by atoms with Crippen molar-refractivity contribution in [1.82, 2.24) is 15.2 Å². The van der Waals surface area contributed by atoms with Crippen molar-refractivity contribution in [3.8, 4) is 23.0 Å². The van der Waals surface area contributed by atoms with Crippen molar-refractivity contribution in [2.45, 2.75) is 25.8 Å². The molecule has 1 atom stereocenters. The van der Waals surface area contributed by atoms with Gasteiger partial charge < -0.3 is 18.7 Å². The summed E-state index contributed by atoms with van der Waals surface area (Å²) in [6.45, 7) is 1.90. The minimum Gasteiger partial charge on any atom is -0.438 e. The van der Waals surface area contributed by atoms with Crippen LogP contribution in [-0.2, 0) is 4.84 Å². The van der Waals surface area contributed by atoms with Gasteiger partial charge in [0, 0.05) is 6.20 Å². The van der Waals surface area contributed by atoms with E-state index in [4.69, 9.17) is 14.0 Å². The van der Waals surface area contributed by atoms with Crippen molar-refractivity contribution in [3.63, 3.8) is 0 Å². The summed E-state index contributed by atoms with van der Waals surface area (Å²) < 4.78 is 48.5. The number of nitrogens with zero attached hydrogens (tertiary/aromatic N) is 3. The third kappa shape index (κ3) is 6.36. The van der Waals surface area contributed by atoms with Gasteiger partial charge in [0.15, 0.2) is 0 Å². The summed E-state index contributed by atoms with van der Waals surface area (Å²) in [6.07, 6.45) is -0.944. The molecule has 0 radical (unpaired) electrons. The Balaban J connectivity index is 0.000000199. The lowest BCUT2D eigenvalue weighted by Crippen LogP contribution is -2.16. The zero-order chi connectivity index (χ0) is 21.6. The number of hydrogen-bond donors (Lipinski definition) is 1. The van der Waals surface area contributed by atoms with Crippen LogP contribution in [-0.4, -0.2) is 33.5 Å². The SMILES string of the molecule is CC1CC(Oc2cncc(-c3n[nH]c(=O)o3)c2)=NO1.FC(F)(F)Oc1ccccc1. The van der Waals surface area contributed by atoms with Gasteiger partial charge >= 0.3 is 12.1 Å². The average Bonchev–Trinajstić information content (AvgIpc) is 3.30. The predicted octanol–water partition coefficient (Wildman–Crippen LogP) is 3.51. The Morgan fingerprint density at radius 2 is 1.93 bits per heavy atom. The van der Waals surface area contributed by atoms with E-state index < -0.39 is 12.1 Å². The van der Waals surface area contributed by atoms with Crippen LogP contribution in [0.15, 0.2) is 63.2 Å². The van der Waals surface area contributed by atoms with Crippen LogP contribution in [0.3, 0.4) is 0 Å². The van der Waals surface area contributed by atoms with Crippen molar-refractivity contribution >= 4 is 5.90 Å². The van der Waals surface area contributed by atoms with Crippen LogP contribution < -0.4 is 15.2 Å². The number of alkyl halides is 3. The molecule has 0 amide bonds. The van der Waals surface area contributed by atoms with Gasteiger partial charge in [-0.3, -0.25) is 4.98 Å². The van der Waals surface area contributed by atoms with E-state index in [1.54, 1.807) is 12.1 Å². The van der Waals surface area contributed by atoms with Crippen LogP contribution in [0.4, 0.5) is 13.2 Å². The molecule has 0 spiro atoms. The van der Waals surface area contributed by atoms with Crippen molar-refractivity contribution in [2.24, 2.45) is 5.16 Å². The second kappa shape index (κ2) is 9.11. The molecule has 0 saturated carbocycles. The number of hydrogen-bond acceptors (Lipinski definition) is 8. The third-order valence-corrected chi connectivity index (χ3v) is 3.41. The normalized spacial score (nSPS) is 15.5. The number of nitrogens with one attached hydrogen (secondary N) is 1. The zero-order valence-electron chi connectivity index (χ0n) is 15.4. The fourth-order valence-electron chi connectivity index (χ4n) is 2.23. The molecule has 1 aliphatic rings. The fourth-order valence-corrected chi connectivity index (χ4v) is 2.23. The van der Waals surface area contributed by atoms with E-state index in [9.17, 15) is 18.0 Å². The van der Waals surface area contributed by atoms with Gasteiger partial charge in [-0.25, -0.2) is 9.89 Å². The zero-order valence-corrected chi connectivity index (χ0v) is 15.4. The average molecular weight is 424 g/mol. The Morgan fingerprint density at radius 3 is 2.53 bits per heavy atom. The number of para-hydroxylation sites is 1. The molecule has 0 bridgehead atoms. The molecule has 0 saturated heterocycles. The van der Waals surface area contributed by atoms with Crippen LogP contribution in [0.2, 0.25) is 0 Å². The summed E-state index contributed by atoms with van der Waals surface area (Å²) in [5.41, 5.74) is 0.531. The predicted molar refractivity (Wildman–Crippen MR) is 96.7 cm³/mol. The minimum absolute atomic E-state index is 0.00973. The van der Waals surface area contributed by atoms with E-state index >= 15 is 0 Å². The molecule has 30 heavy (non-hydrogen) atoms. The largest absolute Gasteiger partial charge is 0.573 e. The van der Waals surface area contributed by atoms with Crippen LogP contribution >= 0.6 is 0 Å². The van der Waals surface area contributed by atoms with Gasteiger partial charge in [-0.05, 0) is 25.1 Å². The van der Waals surface area contributed by atoms with E-state index in [1.807, 2.05) is 6.92 Å². The second-order valence-electron chi connectivity index (χ2n) is 5.90. The smallest absolute Gasteiger partial charge is 0.438 e. The van der Waals surface area contributed by atoms with Crippen molar-refractivity contribution in [2.75, 3.05) is 0 Å². The third-order valence-electron chi connectivity index (χ3n) is 3.41. The topological polar surface area (TPSA) is 112 Å². The lowest BCUT2D eigenvalue weighted by atomic mass is 10.2. The molecule has 3 aromatic rings. The number of halogens is 3. The molecular weight excluding hydrogens is 409 g/mol. The number of pyridine rings is 1. The lowest BCUT2D eigenvalue weighted by molar-refractivity contribution is -0.274.